The van der Waals surface area contributed by atoms with Gasteiger partial charge in [0.2, 0.25) is 0 Å². The van der Waals surface area contributed by atoms with Gasteiger partial charge in [0.05, 0.1) is 0 Å². The van der Waals surface area contributed by atoms with E-state index in [0.717, 1.165) is 25.8 Å². The van der Waals surface area contributed by atoms with Crippen LogP contribution in [0.25, 0.3) is 0 Å². The molecule has 0 bridgehead atoms. The number of hydrogen-bond acceptors (Lipinski definition) is 3. The zero-order valence-electron chi connectivity index (χ0n) is 13.7. The summed E-state index contributed by atoms with van der Waals surface area (Å²) in [6.45, 7) is 8.89. The summed E-state index contributed by atoms with van der Waals surface area (Å²) in [5, 5.41) is 3.40. The van der Waals surface area contributed by atoms with E-state index in [1.54, 1.807) is 8.61 Å². The highest BCUT2D eigenvalue weighted by molar-refractivity contribution is 7.86. The van der Waals surface area contributed by atoms with Crippen molar-refractivity contribution >= 4 is 10.2 Å². The highest BCUT2D eigenvalue weighted by atomic mass is 32.2. The van der Waals surface area contributed by atoms with Crippen molar-refractivity contribution in [3.05, 3.63) is 0 Å². The first-order chi connectivity index (χ1) is 9.95. The third kappa shape index (κ3) is 4.65. The van der Waals surface area contributed by atoms with Gasteiger partial charge in [0.15, 0.2) is 0 Å². The standard InChI is InChI=1S/C15H31N3O2S/c1-4-17(12-14-8-9-14)21(19,20)18-10-6-5-7-15(18)11-16-13(2)3/h13-16H,4-12H2,1-3H3. The fourth-order valence-corrected chi connectivity index (χ4v) is 4.92. The normalized spacial score (nSPS) is 24.9. The molecule has 1 saturated carbocycles. The van der Waals surface area contributed by atoms with Crippen molar-refractivity contribution in [2.75, 3.05) is 26.2 Å². The Morgan fingerprint density at radius 1 is 1.24 bits per heavy atom. The van der Waals surface area contributed by atoms with Gasteiger partial charge in [-0.1, -0.05) is 27.2 Å². The van der Waals surface area contributed by atoms with E-state index in [9.17, 15) is 8.42 Å². The summed E-state index contributed by atoms with van der Waals surface area (Å²) < 4.78 is 29.4. The Morgan fingerprint density at radius 2 is 1.95 bits per heavy atom. The Morgan fingerprint density at radius 3 is 2.52 bits per heavy atom. The van der Waals surface area contributed by atoms with Gasteiger partial charge < -0.3 is 5.32 Å². The lowest BCUT2D eigenvalue weighted by atomic mass is 10.0. The third-order valence-corrected chi connectivity index (χ3v) is 6.60. The molecule has 1 unspecified atom stereocenters. The van der Waals surface area contributed by atoms with Gasteiger partial charge in [-0.25, -0.2) is 0 Å². The largest absolute Gasteiger partial charge is 0.313 e. The minimum atomic E-state index is -3.30. The molecular formula is C15H31N3O2S. The number of rotatable bonds is 8. The lowest BCUT2D eigenvalue weighted by Crippen LogP contribution is -2.54. The lowest BCUT2D eigenvalue weighted by molar-refractivity contribution is 0.222. The summed E-state index contributed by atoms with van der Waals surface area (Å²) in [7, 11) is -3.30. The first kappa shape index (κ1) is 17.2. The summed E-state index contributed by atoms with van der Waals surface area (Å²) in [5.41, 5.74) is 0. The maximum Gasteiger partial charge on any atom is 0.282 e. The van der Waals surface area contributed by atoms with Gasteiger partial charge in [-0.05, 0) is 31.6 Å². The summed E-state index contributed by atoms with van der Waals surface area (Å²) in [4.78, 5) is 0. The second-order valence-corrected chi connectivity index (χ2v) is 8.61. The first-order valence-corrected chi connectivity index (χ1v) is 9.85. The van der Waals surface area contributed by atoms with Gasteiger partial charge in [0.25, 0.3) is 10.2 Å². The topological polar surface area (TPSA) is 52.7 Å². The molecule has 6 heteroatoms. The molecule has 0 aromatic heterocycles. The van der Waals surface area contributed by atoms with Gasteiger partial charge in [0, 0.05) is 38.3 Å². The molecule has 5 nitrogen and oxygen atoms in total. The summed E-state index contributed by atoms with van der Waals surface area (Å²) >= 11 is 0. The molecule has 0 aromatic carbocycles. The van der Waals surface area contributed by atoms with Crippen LogP contribution in [0.2, 0.25) is 0 Å². The van der Waals surface area contributed by atoms with Gasteiger partial charge >= 0.3 is 0 Å². The van der Waals surface area contributed by atoms with Gasteiger partial charge in [-0.2, -0.15) is 17.0 Å². The van der Waals surface area contributed by atoms with Crippen molar-refractivity contribution in [1.29, 1.82) is 0 Å². The van der Waals surface area contributed by atoms with Crippen LogP contribution in [0.4, 0.5) is 0 Å². The van der Waals surface area contributed by atoms with E-state index in [1.165, 1.54) is 12.8 Å². The molecule has 1 aliphatic carbocycles. The van der Waals surface area contributed by atoms with E-state index in [1.807, 2.05) is 6.92 Å². The van der Waals surface area contributed by atoms with Crippen LogP contribution in [0.5, 0.6) is 0 Å². The van der Waals surface area contributed by atoms with E-state index >= 15 is 0 Å². The molecule has 1 atom stereocenters. The molecule has 124 valence electrons. The molecule has 1 aliphatic heterocycles. The second-order valence-electron chi connectivity index (χ2n) is 6.73. The maximum absolute atomic E-state index is 13.0. The highest BCUT2D eigenvalue weighted by Crippen LogP contribution is 2.32. The van der Waals surface area contributed by atoms with Crippen LogP contribution in [-0.4, -0.2) is 55.3 Å². The zero-order chi connectivity index (χ0) is 15.5. The fraction of sp³-hybridized carbons (Fsp3) is 1.00. The maximum atomic E-state index is 13.0. The molecule has 2 fully saturated rings. The van der Waals surface area contributed by atoms with Crippen molar-refractivity contribution in [3.8, 4) is 0 Å². The second kappa shape index (κ2) is 7.40. The van der Waals surface area contributed by atoms with Crippen LogP contribution in [-0.2, 0) is 10.2 Å². The zero-order valence-corrected chi connectivity index (χ0v) is 14.5. The van der Waals surface area contributed by atoms with Gasteiger partial charge in [-0.3, -0.25) is 0 Å². The van der Waals surface area contributed by atoms with Crippen LogP contribution in [0, 0.1) is 5.92 Å². The van der Waals surface area contributed by atoms with Crippen LogP contribution in [0.1, 0.15) is 52.9 Å². The third-order valence-electron chi connectivity index (χ3n) is 4.47. The Kier molecular flexibility index (Phi) is 6.05. The minimum absolute atomic E-state index is 0.111. The van der Waals surface area contributed by atoms with Crippen molar-refractivity contribution in [1.82, 2.24) is 13.9 Å². The Bertz CT molecular complexity index is 421. The molecule has 1 saturated heterocycles. The summed E-state index contributed by atoms with van der Waals surface area (Å²) in [5.74, 6) is 0.594. The molecule has 0 aromatic rings. The molecule has 1 heterocycles. The van der Waals surface area contributed by atoms with Crippen molar-refractivity contribution < 1.29 is 8.42 Å². The van der Waals surface area contributed by atoms with Crippen LogP contribution in [0.3, 0.4) is 0 Å². The summed E-state index contributed by atoms with van der Waals surface area (Å²) in [6, 6.07) is 0.504. The summed E-state index contributed by atoms with van der Waals surface area (Å²) in [6.07, 6.45) is 5.46. The predicted octanol–water partition coefficient (Wildman–Crippen LogP) is 1.82. The first-order valence-electron chi connectivity index (χ1n) is 8.45. The molecule has 0 radical (unpaired) electrons. The van der Waals surface area contributed by atoms with Crippen LogP contribution >= 0.6 is 0 Å². The van der Waals surface area contributed by atoms with Gasteiger partial charge in [-0.15, -0.1) is 0 Å². The fourth-order valence-electron chi connectivity index (χ4n) is 2.98. The van der Waals surface area contributed by atoms with E-state index in [2.05, 4.69) is 19.2 Å². The Labute approximate surface area is 130 Å². The predicted molar refractivity (Wildman–Crippen MR) is 86.4 cm³/mol. The van der Waals surface area contributed by atoms with E-state index < -0.39 is 10.2 Å². The molecular weight excluding hydrogens is 286 g/mol. The number of piperidine rings is 1. The Balaban J connectivity index is 2.05. The van der Waals surface area contributed by atoms with Crippen molar-refractivity contribution in [2.24, 2.45) is 5.92 Å². The van der Waals surface area contributed by atoms with Crippen LogP contribution < -0.4 is 5.32 Å². The molecule has 1 N–H and O–H groups in total. The average molecular weight is 317 g/mol. The molecule has 2 aliphatic rings. The SMILES string of the molecule is CCN(CC1CC1)S(=O)(=O)N1CCCCC1CNC(C)C. The highest BCUT2D eigenvalue weighted by Gasteiger charge is 2.38. The minimum Gasteiger partial charge on any atom is -0.313 e. The quantitative estimate of drug-likeness (QED) is 0.743. The van der Waals surface area contributed by atoms with E-state index in [-0.39, 0.29) is 6.04 Å². The smallest absolute Gasteiger partial charge is 0.282 e. The molecule has 0 spiro atoms. The average Bonchev–Trinajstić information content (AvgIpc) is 3.26. The van der Waals surface area contributed by atoms with E-state index in [0.29, 0.717) is 31.6 Å². The lowest BCUT2D eigenvalue weighted by Gasteiger charge is -2.38. The Hall–Kier alpha value is -0.170. The van der Waals surface area contributed by atoms with Crippen molar-refractivity contribution in [2.45, 2.75) is 65.0 Å². The number of nitrogens with zero attached hydrogens (tertiary/aromatic N) is 2. The number of nitrogens with one attached hydrogen (secondary N) is 1. The van der Waals surface area contributed by atoms with E-state index in [4.69, 9.17) is 0 Å². The number of hydrogen-bond donors (Lipinski definition) is 1. The monoisotopic (exact) mass is 317 g/mol. The van der Waals surface area contributed by atoms with Gasteiger partial charge in [0.1, 0.15) is 0 Å². The van der Waals surface area contributed by atoms with Crippen LogP contribution in [0.15, 0.2) is 0 Å². The molecule has 2 rings (SSSR count). The molecule has 21 heavy (non-hydrogen) atoms. The van der Waals surface area contributed by atoms with Crippen molar-refractivity contribution in [3.63, 3.8) is 0 Å². The molecule has 0 amide bonds.